The number of nitrogens with zero attached hydrogens (tertiary/aromatic N) is 4. The Balaban J connectivity index is 1.54. The summed E-state index contributed by atoms with van der Waals surface area (Å²) >= 11 is 0. The van der Waals surface area contributed by atoms with Crippen LogP contribution in [0, 0.1) is 5.41 Å². The molecular formula is C26H25N5O. The summed E-state index contributed by atoms with van der Waals surface area (Å²) in [6.45, 7) is 6.26. The van der Waals surface area contributed by atoms with Crippen molar-refractivity contribution >= 4 is 17.3 Å². The van der Waals surface area contributed by atoms with Crippen molar-refractivity contribution in [3.63, 3.8) is 0 Å². The van der Waals surface area contributed by atoms with E-state index in [0.717, 1.165) is 45.5 Å². The maximum atomic E-state index is 12.4. The normalized spacial score (nSPS) is 12.2. The van der Waals surface area contributed by atoms with Gasteiger partial charge in [-0.05, 0) is 35.2 Å². The first-order chi connectivity index (χ1) is 15.4. The lowest BCUT2D eigenvalue weighted by molar-refractivity contribution is -0.120. The smallest absolute Gasteiger partial charge is 0.171 e. The number of hydrogen-bond acceptors (Lipinski definition) is 5. The van der Waals surface area contributed by atoms with E-state index in [4.69, 9.17) is 0 Å². The number of rotatable bonds is 4. The van der Waals surface area contributed by atoms with Crippen LogP contribution in [0.1, 0.15) is 32.8 Å². The van der Waals surface area contributed by atoms with Crippen LogP contribution in [0.3, 0.4) is 0 Å². The molecule has 0 bridgehead atoms. The molecule has 4 aromatic rings. The monoisotopic (exact) mass is 423 g/mol. The van der Waals surface area contributed by atoms with Gasteiger partial charge in [0, 0.05) is 30.2 Å². The Hall–Kier alpha value is -3.80. The number of carbonyl (C=O) groups excluding carboxylic acids is 1. The average molecular weight is 424 g/mol. The molecule has 1 aliphatic rings. The van der Waals surface area contributed by atoms with Gasteiger partial charge in [0.05, 0.1) is 11.4 Å². The van der Waals surface area contributed by atoms with Crippen LogP contribution in [0.4, 0.5) is 11.5 Å². The third-order valence-electron chi connectivity index (χ3n) is 5.45. The minimum absolute atomic E-state index is 0.00185. The maximum Gasteiger partial charge on any atom is 0.171 e. The number of aromatic nitrogens is 4. The zero-order valence-corrected chi connectivity index (χ0v) is 18.5. The van der Waals surface area contributed by atoms with Crippen LogP contribution < -0.4 is 5.32 Å². The largest absolute Gasteiger partial charge is 0.338 e. The Morgan fingerprint density at radius 2 is 1.69 bits per heavy atom. The fourth-order valence-electron chi connectivity index (χ4n) is 4.12. The van der Waals surface area contributed by atoms with E-state index < -0.39 is 0 Å². The van der Waals surface area contributed by atoms with Crippen LogP contribution in [-0.4, -0.2) is 25.5 Å². The third kappa shape index (κ3) is 3.80. The van der Waals surface area contributed by atoms with Crippen molar-refractivity contribution in [2.24, 2.45) is 5.41 Å². The first-order valence-electron chi connectivity index (χ1n) is 10.8. The van der Waals surface area contributed by atoms with Crippen LogP contribution >= 0.6 is 0 Å². The highest BCUT2D eigenvalue weighted by molar-refractivity contribution is 5.85. The van der Waals surface area contributed by atoms with E-state index >= 15 is 0 Å². The second kappa shape index (κ2) is 7.71. The molecule has 0 amide bonds. The van der Waals surface area contributed by atoms with Gasteiger partial charge in [0.2, 0.25) is 0 Å². The average Bonchev–Trinajstić information content (AvgIpc) is 3.13. The van der Waals surface area contributed by atoms with E-state index in [-0.39, 0.29) is 11.2 Å². The van der Waals surface area contributed by atoms with E-state index in [0.29, 0.717) is 12.8 Å². The number of pyridine rings is 1. The lowest BCUT2D eigenvalue weighted by Crippen LogP contribution is -2.14. The number of fused-ring (bicyclic) bond motifs is 5. The van der Waals surface area contributed by atoms with Gasteiger partial charge in [-0.3, -0.25) is 9.36 Å². The summed E-state index contributed by atoms with van der Waals surface area (Å²) in [7, 11) is 0. The molecule has 1 aliphatic heterocycles. The molecule has 2 aromatic carbocycles. The van der Waals surface area contributed by atoms with Gasteiger partial charge in [0.15, 0.2) is 17.5 Å². The minimum atomic E-state index is 0.00185. The van der Waals surface area contributed by atoms with Gasteiger partial charge in [-0.25, -0.2) is 4.98 Å². The second-order valence-electron chi connectivity index (χ2n) is 9.37. The standard InChI is InChI=1S/C26H25N5O/c1-26(2,3)16-19(32)15-17-10-12-18(13-11-17)24-29-30-25-20-7-4-5-8-21(20)28-23-22(31(24)25)9-6-14-27-23/h4-14H,15-16H2,1-3H3,(H,27,28). The highest BCUT2D eigenvalue weighted by atomic mass is 16.1. The zero-order chi connectivity index (χ0) is 22.3. The van der Waals surface area contributed by atoms with E-state index in [1.54, 1.807) is 6.20 Å². The van der Waals surface area contributed by atoms with Crippen LogP contribution in [0.5, 0.6) is 0 Å². The first kappa shape index (κ1) is 20.1. The van der Waals surface area contributed by atoms with Crippen LogP contribution in [0.2, 0.25) is 0 Å². The SMILES string of the molecule is CC(C)(C)CC(=O)Cc1ccc(-c2nnc3n2-c2cccnc2Nc2ccccc2-3)cc1. The van der Waals surface area contributed by atoms with Crippen molar-refractivity contribution in [1.82, 2.24) is 19.7 Å². The number of nitrogens with one attached hydrogen (secondary N) is 1. The molecule has 0 aliphatic carbocycles. The van der Waals surface area contributed by atoms with Gasteiger partial charge in [0.25, 0.3) is 0 Å². The van der Waals surface area contributed by atoms with E-state index in [9.17, 15) is 4.79 Å². The molecule has 1 N–H and O–H groups in total. The molecule has 6 nitrogen and oxygen atoms in total. The van der Waals surface area contributed by atoms with Gasteiger partial charge >= 0.3 is 0 Å². The summed E-state index contributed by atoms with van der Waals surface area (Å²) in [6, 6.07) is 20.0. The predicted octanol–water partition coefficient (Wildman–Crippen LogP) is 5.60. The molecule has 5 rings (SSSR count). The summed E-state index contributed by atoms with van der Waals surface area (Å²) in [4.78, 5) is 16.9. The molecular weight excluding hydrogens is 398 g/mol. The summed E-state index contributed by atoms with van der Waals surface area (Å²) in [5.74, 6) is 2.51. The lowest BCUT2D eigenvalue weighted by atomic mass is 9.88. The predicted molar refractivity (Wildman–Crippen MR) is 126 cm³/mol. The summed E-state index contributed by atoms with van der Waals surface area (Å²) in [6.07, 6.45) is 2.79. The number of ketones is 1. The molecule has 0 fully saturated rings. The van der Waals surface area contributed by atoms with Crippen molar-refractivity contribution in [3.05, 3.63) is 72.4 Å². The first-order valence-corrected chi connectivity index (χ1v) is 10.8. The number of carbonyl (C=O) groups is 1. The van der Waals surface area contributed by atoms with E-state index in [2.05, 4.69) is 41.3 Å². The quantitative estimate of drug-likeness (QED) is 0.407. The Morgan fingerprint density at radius 1 is 0.938 bits per heavy atom. The maximum absolute atomic E-state index is 12.4. The molecule has 160 valence electrons. The lowest BCUT2D eigenvalue weighted by Gasteiger charge is -2.16. The molecule has 0 spiro atoms. The second-order valence-corrected chi connectivity index (χ2v) is 9.37. The molecule has 6 heteroatoms. The van der Waals surface area contributed by atoms with Crippen molar-refractivity contribution < 1.29 is 4.79 Å². The van der Waals surface area contributed by atoms with Crippen LogP contribution in [0.25, 0.3) is 28.5 Å². The topological polar surface area (TPSA) is 72.7 Å². The molecule has 0 unspecified atom stereocenters. The highest BCUT2D eigenvalue weighted by Crippen LogP contribution is 2.38. The molecule has 32 heavy (non-hydrogen) atoms. The number of anilines is 2. The number of benzene rings is 2. The fraction of sp³-hybridized carbons (Fsp3) is 0.231. The molecule has 0 saturated carbocycles. The molecule has 0 radical (unpaired) electrons. The number of hydrogen-bond donors (Lipinski definition) is 1. The van der Waals surface area contributed by atoms with Crippen molar-refractivity contribution in [2.45, 2.75) is 33.6 Å². The van der Waals surface area contributed by atoms with E-state index in [1.807, 2.05) is 65.2 Å². The number of Topliss-reactive ketones (excluding diaryl/α,β-unsaturated/α-hetero) is 1. The third-order valence-corrected chi connectivity index (χ3v) is 5.45. The van der Waals surface area contributed by atoms with Gasteiger partial charge in [-0.2, -0.15) is 0 Å². The van der Waals surface area contributed by atoms with Gasteiger partial charge in [-0.15, -0.1) is 10.2 Å². The Kier molecular flexibility index (Phi) is 4.85. The minimum Gasteiger partial charge on any atom is -0.338 e. The van der Waals surface area contributed by atoms with Crippen molar-refractivity contribution in [2.75, 3.05) is 5.32 Å². The van der Waals surface area contributed by atoms with E-state index in [1.165, 1.54) is 0 Å². The molecule has 0 saturated heterocycles. The van der Waals surface area contributed by atoms with Crippen molar-refractivity contribution in [3.8, 4) is 28.5 Å². The number of para-hydroxylation sites is 1. The summed E-state index contributed by atoms with van der Waals surface area (Å²) in [5, 5.41) is 12.5. The van der Waals surface area contributed by atoms with Gasteiger partial charge in [-0.1, -0.05) is 57.2 Å². The summed E-state index contributed by atoms with van der Waals surface area (Å²) < 4.78 is 2.04. The van der Waals surface area contributed by atoms with Gasteiger partial charge < -0.3 is 5.32 Å². The van der Waals surface area contributed by atoms with Gasteiger partial charge in [0.1, 0.15) is 5.78 Å². The molecule has 0 atom stereocenters. The Labute approximate surface area is 187 Å². The fourth-order valence-corrected chi connectivity index (χ4v) is 4.12. The highest BCUT2D eigenvalue weighted by Gasteiger charge is 2.25. The molecule has 3 heterocycles. The van der Waals surface area contributed by atoms with Crippen LogP contribution in [0.15, 0.2) is 66.9 Å². The summed E-state index contributed by atoms with van der Waals surface area (Å²) in [5.41, 5.74) is 4.74. The zero-order valence-electron chi connectivity index (χ0n) is 18.5. The van der Waals surface area contributed by atoms with Crippen LogP contribution in [-0.2, 0) is 11.2 Å². The molecule has 2 aromatic heterocycles. The Morgan fingerprint density at radius 3 is 2.47 bits per heavy atom. The van der Waals surface area contributed by atoms with Crippen molar-refractivity contribution in [1.29, 1.82) is 0 Å². The Bertz CT molecular complexity index is 1300.